The molecule has 4 rings (SSSR count). The fourth-order valence-electron chi connectivity index (χ4n) is 5.27. The van der Waals surface area contributed by atoms with Gasteiger partial charge in [0.1, 0.15) is 11.5 Å². The number of piperidine rings is 1. The number of phenolic OH excluding ortho intramolecular Hbond substituents is 1. The average Bonchev–Trinajstić information content (AvgIpc) is 2.52. The summed E-state index contributed by atoms with van der Waals surface area (Å²) in [5.41, 5.74) is 0.698. The predicted molar refractivity (Wildman–Crippen MR) is 87.5 cm³/mol. The fraction of sp³-hybridized carbons (Fsp3) is 0.526. The molecule has 0 amide bonds. The molecule has 0 spiro atoms. The van der Waals surface area contributed by atoms with Gasteiger partial charge in [-0.2, -0.15) is 0 Å². The number of carbonyl (C=O) groups excluding carboxylic acids is 1. The molecule has 4 nitrogen and oxygen atoms in total. The first-order chi connectivity index (χ1) is 11.0. The van der Waals surface area contributed by atoms with Gasteiger partial charge in [0.2, 0.25) is 0 Å². The highest BCUT2D eigenvalue weighted by Gasteiger charge is 2.64. The van der Waals surface area contributed by atoms with Crippen LogP contribution in [0.25, 0.3) is 0 Å². The van der Waals surface area contributed by atoms with E-state index in [4.69, 9.17) is 0 Å². The lowest BCUT2D eigenvalue weighted by molar-refractivity contribution is -0.170. The van der Waals surface area contributed by atoms with Crippen LogP contribution in [0.2, 0.25) is 0 Å². The molecule has 1 heterocycles. The Labute approximate surface area is 136 Å². The Balaban J connectivity index is 1.92. The molecule has 0 radical (unpaired) electrons. The number of Topliss-reactive ketones (excluding diaryl/α,β-unsaturated/α-hetero) is 1. The van der Waals surface area contributed by atoms with E-state index >= 15 is 0 Å². The smallest absolute Gasteiger partial charge is 0.134 e. The van der Waals surface area contributed by atoms with Crippen molar-refractivity contribution in [1.82, 2.24) is 4.90 Å². The molecular weight excluding hydrogens is 290 g/mol. The number of aromatic hydroxyl groups is 1. The number of rotatable bonds is 2. The Bertz CT molecular complexity index is 685. The third kappa shape index (κ3) is 1.88. The standard InChI is InChI=1S/C19H23NO3/c1-2-8-20-9-7-18-12-15(22)5-6-19(18,23)17(20)10-13-3-4-14(21)11-16(13)18/h2-4,11,17,21,23H,1,5-10,12H2/t17-,18+,19+/m0/s1. The van der Waals surface area contributed by atoms with Crippen molar-refractivity contribution in [2.45, 2.75) is 49.2 Å². The lowest BCUT2D eigenvalue weighted by atomic mass is 9.49. The first-order valence-electron chi connectivity index (χ1n) is 8.41. The van der Waals surface area contributed by atoms with Crippen molar-refractivity contribution in [3.05, 3.63) is 42.0 Å². The molecule has 3 atom stereocenters. The van der Waals surface area contributed by atoms with Gasteiger partial charge in [-0.05, 0) is 49.1 Å². The zero-order chi connectivity index (χ0) is 16.2. The molecule has 1 aliphatic heterocycles. The molecule has 1 aromatic rings. The molecule has 23 heavy (non-hydrogen) atoms. The molecule has 1 saturated heterocycles. The Hall–Kier alpha value is -1.65. The van der Waals surface area contributed by atoms with E-state index in [9.17, 15) is 15.0 Å². The number of hydrogen-bond acceptors (Lipinski definition) is 4. The third-order valence-electron chi connectivity index (χ3n) is 6.32. The summed E-state index contributed by atoms with van der Waals surface area (Å²) in [7, 11) is 0. The van der Waals surface area contributed by atoms with Gasteiger partial charge >= 0.3 is 0 Å². The van der Waals surface area contributed by atoms with Crippen LogP contribution in [0.1, 0.15) is 36.8 Å². The van der Waals surface area contributed by atoms with E-state index in [0.717, 1.165) is 37.1 Å². The summed E-state index contributed by atoms with van der Waals surface area (Å²) < 4.78 is 0. The zero-order valence-corrected chi connectivity index (χ0v) is 13.3. The Morgan fingerprint density at radius 1 is 1.39 bits per heavy atom. The van der Waals surface area contributed by atoms with Crippen molar-refractivity contribution >= 4 is 5.78 Å². The number of nitrogens with zero attached hydrogens (tertiary/aromatic N) is 1. The molecule has 1 saturated carbocycles. The number of ketones is 1. The predicted octanol–water partition coefficient (Wildman–Crippen LogP) is 1.93. The zero-order valence-electron chi connectivity index (χ0n) is 13.3. The van der Waals surface area contributed by atoms with Crippen LogP contribution in [0.4, 0.5) is 0 Å². The third-order valence-corrected chi connectivity index (χ3v) is 6.32. The highest BCUT2D eigenvalue weighted by molar-refractivity contribution is 5.82. The number of benzene rings is 1. The van der Waals surface area contributed by atoms with Crippen molar-refractivity contribution in [3.8, 4) is 5.75 Å². The molecule has 1 aromatic carbocycles. The number of phenols is 1. The highest BCUT2D eigenvalue weighted by atomic mass is 16.3. The number of aliphatic hydroxyl groups is 1. The van der Waals surface area contributed by atoms with Gasteiger partial charge in [0.05, 0.1) is 5.60 Å². The SMILES string of the molecule is C=CCN1CC[C@]23CC(=O)CC[C@@]2(O)[C@@H]1Cc1ccc(O)cc13. The molecule has 2 N–H and O–H groups in total. The van der Waals surface area contributed by atoms with Crippen molar-refractivity contribution < 1.29 is 15.0 Å². The summed E-state index contributed by atoms with van der Waals surface area (Å²) in [5, 5.41) is 21.7. The first kappa shape index (κ1) is 14.9. The van der Waals surface area contributed by atoms with Crippen LogP contribution in [0, 0.1) is 0 Å². The average molecular weight is 313 g/mol. The first-order valence-corrected chi connectivity index (χ1v) is 8.41. The van der Waals surface area contributed by atoms with Gasteiger partial charge in [-0.1, -0.05) is 12.1 Å². The molecular formula is C19H23NO3. The number of carbonyl (C=O) groups is 1. The summed E-state index contributed by atoms with van der Waals surface area (Å²) >= 11 is 0. The number of likely N-dealkylation sites (tertiary alicyclic amines) is 1. The van der Waals surface area contributed by atoms with Gasteiger partial charge < -0.3 is 10.2 Å². The minimum atomic E-state index is -0.900. The Kier molecular flexibility index (Phi) is 3.19. The van der Waals surface area contributed by atoms with Gasteiger partial charge in [-0.25, -0.2) is 0 Å². The van der Waals surface area contributed by atoms with E-state index in [1.54, 1.807) is 12.1 Å². The largest absolute Gasteiger partial charge is 0.508 e. The summed E-state index contributed by atoms with van der Waals surface area (Å²) in [6, 6.07) is 5.45. The highest BCUT2D eigenvalue weighted by Crippen LogP contribution is 2.57. The van der Waals surface area contributed by atoms with E-state index < -0.39 is 11.0 Å². The van der Waals surface area contributed by atoms with Gasteiger partial charge in [-0.3, -0.25) is 9.69 Å². The second-order valence-electron chi connectivity index (χ2n) is 7.32. The Morgan fingerprint density at radius 2 is 2.22 bits per heavy atom. The van der Waals surface area contributed by atoms with Gasteiger partial charge in [0.25, 0.3) is 0 Å². The van der Waals surface area contributed by atoms with Crippen LogP contribution in [0.15, 0.2) is 30.9 Å². The van der Waals surface area contributed by atoms with Crippen molar-refractivity contribution in [1.29, 1.82) is 0 Å². The van der Waals surface area contributed by atoms with Crippen LogP contribution in [-0.2, 0) is 16.6 Å². The van der Waals surface area contributed by atoms with E-state index in [2.05, 4.69) is 11.5 Å². The molecule has 4 heteroatoms. The number of fused-ring (bicyclic) bond motifs is 1. The summed E-state index contributed by atoms with van der Waals surface area (Å²) in [5.74, 6) is 0.437. The lowest BCUT2D eigenvalue weighted by Crippen LogP contribution is -2.73. The van der Waals surface area contributed by atoms with Gasteiger partial charge in [0.15, 0.2) is 0 Å². The van der Waals surface area contributed by atoms with E-state index in [1.807, 2.05) is 12.1 Å². The molecule has 0 aromatic heterocycles. The summed E-state index contributed by atoms with van der Waals surface area (Å²) in [6.07, 6.45) is 4.74. The van der Waals surface area contributed by atoms with Crippen LogP contribution in [0.5, 0.6) is 5.75 Å². The van der Waals surface area contributed by atoms with Crippen LogP contribution in [0.3, 0.4) is 0 Å². The second kappa shape index (κ2) is 4.92. The molecule has 122 valence electrons. The quantitative estimate of drug-likeness (QED) is 0.819. The van der Waals surface area contributed by atoms with Gasteiger partial charge in [0, 0.05) is 30.8 Å². The van der Waals surface area contributed by atoms with E-state index in [-0.39, 0.29) is 17.6 Å². The molecule has 2 fully saturated rings. The van der Waals surface area contributed by atoms with E-state index in [1.165, 1.54) is 0 Å². The van der Waals surface area contributed by atoms with Crippen LogP contribution in [-0.4, -0.2) is 45.6 Å². The summed E-state index contributed by atoms with van der Waals surface area (Å²) in [4.78, 5) is 14.6. The van der Waals surface area contributed by atoms with Crippen LogP contribution >= 0.6 is 0 Å². The fourth-order valence-corrected chi connectivity index (χ4v) is 5.27. The molecule has 0 unspecified atom stereocenters. The van der Waals surface area contributed by atoms with Crippen molar-refractivity contribution in [2.24, 2.45) is 0 Å². The van der Waals surface area contributed by atoms with Crippen molar-refractivity contribution in [3.63, 3.8) is 0 Å². The lowest BCUT2D eigenvalue weighted by Gasteiger charge is -2.63. The topological polar surface area (TPSA) is 60.8 Å². The monoisotopic (exact) mass is 313 g/mol. The van der Waals surface area contributed by atoms with Gasteiger partial charge in [-0.15, -0.1) is 6.58 Å². The molecule has 3 aliphatic rings. The molecule has 2 aliphatic carbocycles. The molecule has 2 bridgehead atoms. The minimum absolute atomic E-state index is 0.0133. The maximum absolute atomic E-state index is 12.3. The second-order valence-corrected chi connectivity index (χ2v) is 7.32. The van der Waals surface area contributed by atoms with Crippen LogP contribution < -0.4 is 0 Å². The maximum atomic E-state index is 12.3. The minimum Gasteiger partial charge on any atom is -0.508 e. The van der Waals surface area contributed by atoms with E-state index in [0.29, 0.717) is 19.3 Å². The maximum Gasteiger partial charge on any atom is 0.134 e. The Morgan fingerprint density at radius 3 is 3.00 bits per heavy atom. The van der Waals surface area contributed by atoms with Crippen molar-refractivity contribution in [2.75, 3.05) is 13.1 Å². The summed E-state index contributed by atoms with van der Waals surface area (Å²) in [6.45, 7) is 5.45. The normalized spacial score (nSPS) is 36.2. The number of hydrogen-bond donors (Lipinski definition) is 2.